The summed E-state index contributed by atoms with van der Waals surface area (Å²) in [4.78, 5) is 21.6. The van der Waals surface area contributed by atoms with E-state index in [9.17, 15) is 4.79 Å². The highest BCUT2D eigenvalue weighted by Crippen LogP contribution is 2.25. The highest BCUT2D eigenvalue weighted by atomic mass is 16.5. The fraction of sp³-hybridized carbons (Fsp3) is 0.353. The van der Waals surface area contributed by atoms with E-state index in [1.165, 1.54) is 4.90 Å². The number of nitrogens with one attached hydrogen (secondary N) is 1. The van der Waals surface area contributed by atoms with E-state index >= 15 is 0 Å². The Hall–Kier alpha value is -2.67. The average molecular weight is 330 g/mol. The van der Waals surface area contributed by atoms with Crippen LogP contribution in [0.1, 0.15) is 11.1 Å². The van der Waals surface area contributed by atoms with Crippen molar-refractivity contribution in [2.24, 2.45) is 0 Å². The Labute approximate surface area is 141 Å². The summed E-state index contributed by atoms with van der Waals surface area (Å²) in [6, 6.07) is 8.19. The number of methoxy groups -OCH3 is 1. The first-order valence-electron chi connectivity index (χ1n) is 7.62. The summed E-state index contributed by atoms with van der Waals surface area (Å²) in [6.45, 7) is 3.20. The molecule has 1 N–H and O–H groups in total. The zero-order chi connectivity index (χ0) is 17.4. The van der Waals surface area contributed by atoms with Crippen LogP contribution in [0.15, 0.2) is 30.5 Å². The molecule has 0 aliphatic heterocycles. The number of ether oxygens (including phenoxy) is 2. The van der Waals surface area contributed by atoms with E-state index < -0.39 is 0 Å². The lowest BCUT2D eigenvalue weighted by atomic mass is 10.1. The van der Waals surface area contributed by atoms with Gasteiger partial charge in [0.1, 0.15) is 6.61 Å². The molecular formula is C17H22N4O3. The van der Waals surface area contributed by atoms with Crippen molar-refractivity contribution in [2.45, 2.75) is 13.5 Å². The van der Waals surface area contributed by atoms with Crippen LogP contribution in [0.3, 0.4) is 0 Å². The summed E-state index contributed by atoms with van der Waals surface area (Å²) in [5.74, 6) is 0.469. The summed E-state index contributed by atoms with van der Waals surface area (Å²) in [6.07, 6.45) is 2.35. The van der Waals surface area contributed by atoms with Gasteiger partial charge in [0.05, 0.1) is 25.0 Å². The van der Waals surface area contributed by atoms with Crippen LogP contribution in [0.4, 0.5) is 11.5 Å². The molecule has 0 unspecified atom stereocenters. The Morgan fingerprint density at radius 2 is 2.17 bits per heavy atom. The maximum atomic E-state index is 11.6. The smallest absolute Gasteiger partial charge is 0.318 e. The van der Waals surface area contributed by atoms with E-state index in [0.717, 1.165) is 17.5 Å². The minimum absolute atomic E-state index is 0.206. The van der Waals surface area contributed by atoms with Crippen molar-refractivity contribution in [3.05, 3.63) is 41.6 Å². The van der Waals surface area contributed by atoms with Crippen molar-refractivity contribution in [3.8, 4) is 6.01 Å². The molecule has 0 aliphatic rings. The zero-order valence-electron chi connectivity index (χ0n) is 14.2. The number of benzene rings is 1. The topological polar surface area (TPSA) is 76.6 Å². The quantitative estimate of drug-likeness (QED) is 0.560. The molecule has 0 aliphatic carbocycles. The Morgan fingerprint density at radius 1 is 1.33 bits per heavy atom. The van der Waals surface area contributed by atoms with Gasteiger partial charge < -0.3 is 14.8 Å². The molecule has 2 aromatic rings. The molecule has 1 heterocycles. The maximum absolute atomic E-state index is 11.6. The number of carbonyl (C=O) groups excluding carboxylic acids is 1. The van der Waals surface area contributed by atoms with Crippen molar-refractivity contribution >= 4 is 17.9 Å². The predicted molar refractivity (Wildman–Crippen MR) is 92.4 cm³/mol. The fourth-order valence-electron chi connectivity index (χ4n) is 2.21. The molecule has 0 atom stereocenters. The van der Waals surface area contributed by atoms with E-state index in [1.54, 1.807) is 20.4 Å². The number of aryl methyl sites for hydroxylation is 1. The lowest BCUT2D eigenvalue weighted by Crippen LogP contribution is -2.23. The molecule has 0 fully saturated rings. The molecule has 128 valence electrons. The maximum Gasteiger partial charge on any atom is 0.318 e. The van der Waals surface area contributed by atoms with Crippen molar-refractivity contribution < 1.29 is 14.3 Å². The molecule has 2 rings (SSSR count). The minimum Gasteiger partial charge on any atom is -0.461 e. The molecule has 0 saturated heterocycles. The third-order valence-corrected chi connectivity index (χ3v) is 3.37. The van der Waals surface area contributed by atoms with E-state index in [2.05, 4.69) is 15.3 Å². The predicted octanol–water partition coefficient (Wildman–Crippen LogP) is 2.01. The van der Waals surface area contributed by atoms with Crippen LogP contribution in [-0.4, -0.2) is 43.7 Å². The van der Waals surface area contributed by atoms with Gasteiger partial charge in [0.2, 0.25) is 6.41 Å². The Bertz CT molecular complexity index is 679. The monoisotopic (exact) mass is 330 g/mol. The average Bonchev–Trinajstić information content (AvgIpc) is 2.60. The van der Waals surface area contributed by atoms with Gasteiger partial charge in [-0.3, -0.25) is 9.69 Å². The second-order valence-corrected chi connectivity index (χ2v) is 5.20. The van der Waals surface area contributed by atoms with Crippen molar-refractivity contribution in [3.63, 3.8) is 0 Å². The molecule has 0 bridgehead atoms. The SMILES string of the molecule is CNc1cnc(OCCOC)nc1N(C=O)Cc1cccc(C)c1. The largest absolute Gasteiger partial charge is 0.461 e. The Kier molecular flexibility index (Phi) is 6.51. The molecule has 1 aromatic carbocycles. The van der Waals surface area contributed by atoms with Crippen molar-refractivity contribution in [1.82, 2.24) is 9.97 Å². The third-order valence-electron chi connectivity index (χ3n) is 3.37. The Balaban J connectivity index is 2.24. The van der Waals surface area contributed by atoms with Gasteiger partial charge in [-0.2, -0.15) is 4.98 Å². The molecular weight excluding hydrogens is 308 g/mol. The number of rotatable bonds is 9. The second kappa shape index (κ2) is 8.83. The number of aromatic nitrogens is 2. The fourth-order valence-corrected chi connectivity index (χ4v) is 2.21. The van der Waals surface area contributed by atoms with Crippen LogP contribution in [-0.2, 0) is 16.1 Å². The number of anilines is 2. The summed E-state index contributed by atoms with van der Waals surface area (Å²) in [5.41, 5.74) is 2.80. The standard InChI is InChI=1S/C17H22N4O3/c1-13-5-4-6-14(9-13)11-21(12-22)16-15(18-2)10-19-17(20-16)24-8-7-23-3/h4-6,9-10,12,18H,7-8,11H2,1-3H3. The number of amides is 1. The molecule has 0 saturated carbocycles. The van der Waals surface area contributed by atoms with E-state index in [4.69, 9.17) is 9.47 Å². The van der Waals surface area contributed by atoms with Gasteiger partial charge in [0, 0.05) is 14.2 Å². The number of nitrogens with zero attached hydrogens (tertiary/aromatic N) is 3. The zero-order valence-corrected chi connectivity index (χ0v) is 14.2. The molecule has 0 radical (unpaired) electrons. The van der Waals surface area contributed by atoms with Gasteiger partial charge in [-0.1, -0.05) is 29.8 Å². The van der Waals surface area contributed by atoms with Gasteiger partial charge in [-0.05, 0) is 12.5 Å². The summed E-state index contributed by atoms with van der Waals surface area (Å²) >= 11 is 0. The van der Waals surface area contributed by atoms with Crippen LogP contribution in [0.25, 0.3) is 0 Å². The number of hydrogen-bond acceptors (Lipinski definition) is 6. The van der Waals surface area contributed by atoms with Gasteiger partial charge in [-0.25, -0.2) is 4.98 Å². The third kappa shape index (κ3) is 4.66. The summed E-state index contributed by atoms with van der Waals surface area (Å²) < 4.78 is 10.4. The molecule has 0 spiro atoms. The summed E-state index contributed by atoms with van der Waals surface area (Å²) in [7, 11) is 3.35. The van der Waals surface area contributed by atoms with Crippen molar-refractivity contribution in [1.29, 1.82) is 0 Å². The van der Waals surface area contributed by atoms with E-state index in [1.807, 2.05) is 31.2 Å². The second-order valence-electron chi connectivity index (χ2n) is 5.20. The lowest BCUT2D eigenvalue weighted by molar-refractivity contribution is -0.107. The normalized spacial score (nSPS) is 10.3. The van der Waals surface area contributed by atoms with Gasteiger partial charge in [0.15, 0.2) is 5.82 Å². The lowest BCUT2D eigenvalue weighted by Gasteiger charge is -2.20. The molecule has 7 heteroatoms. The highest BCUT2D eigenvalue weighted by Gasteiger charge is 2.15. The van der Waals surface area contributed by atoms with Crippen LogP contribution < -0.4 is 15.0 Å². The molecule has 1 amide bonds. The van der Waals surface area contributed by atoms with Gasteiger partial charge in [-0.15, -0.1) is 0 Å². The highest BCUT2D eigenvalue weighted by molar-refractivity contribution is 5.80. The number of carbonyl (C=O) groups is 1. The first-order chi connectivity index (χ1) is 11.7. The number of hydrogen-bond donors (Lipinski definition) is 1. The van der Waals surface area contributed by atoms with Crippen molar-refractivity contribution in [2.75, 3.05) is 37.6 Å². The molecule has 7 nitrogen and oxygen atoms in total. The first-order valence-corrected chi connectivity index (χ1v) is 7.62. The van der Waals surface area contributed by atoms with Crippen LogP contribution in [0, 0.1) is 6.92 Å². The Morgan fingerprint density at radius 3 is 2.83 bits per heavy atom. The molecule has 1 aromatic heterocycles. The van der Waals surface area contributed by atoms with E-state index in [-0.39, 0.29) is 6.01 Å². The van der Waals surface area contributed by atoms with Crippen LogP contribution in [0.5, 0.6) is 6.01 Å². The van der Waals surface area contributed by atoms with Gasteiger partial charge >= 0.3 is 6.01 Å². The van der Waals surface area contributed by atoms with E-state index in [0.29, 0.717) is 31.3 Å². The molecule has 24 heavy (non-hydrogen) atoms. The summed E-state index contributed by atoms with van der Waals surface area (Å²) in [5, 5.41) is 3.00. The van der Waals surface area contributed by atoms with Crippen LogP contribution >= 0.6 is 0 Å². The first kappa shape index (κ1) is 17.7. The minimum atomic E-state index is 0.206. The van der Waals surface area contributed by atoms with Gasteiger partial charge in [0.25, 0.3) is 0 Å². The van der Waals surface area contributed by atoms with Crippen LogP contribution in [0.2, 0.25) is 0 Å².